The molecule has 1 aromatic carbocycles. The van der Waals surface area contributed by atoms with Gasteiger partial charge in [0.1, 0.15) is 5.52 Å². The van der Waals surface area contributed by atoms with Gasteiger partial charge in [-0.2, -0.15) is 0 Å². The highest BCUT2D eigenvalue weighted by Gasteiger charge is 2.11. The number of nitrogens with one attached hydrogen (secondary N) is 2. The second kappa shape index (κ2) is 3.67. The largest absolute Gasteiger partial charge is 0.369 e. The number of H-pyrrole nitrogens is 1. The fourth-order valence-electron chi connectivity index (χ4n) is 1.37. The number of sulfonamides is 1. The van der Waals surface area contributed by atoms with Crippen LogP contribution in [0.3, 0.4) is 0 Å². The van der Waals surface area contributed by atoms with Gasteiger partial charge in [-0.25, -0.2) is 13.4 Å². The lowest BCUT2D eigenvalue weighted by Gasteiger charge is -2.05. The van der Waals surface area contributed by atoms with Crippen LogP contribution in [0.1, 0.15) is 6.92 Å². The predicted molar refractivity (Wildman–Crippen MR) is 63.6 cm³/mol. The van der Waals surface area contributed by atoms with Crippen molar-refractivity contribution < 1.29 is 8.42 Å². The molecule has 0 aliphatic heterocycles. The summed E-state index contributed by atoms with van der Waals surface area (Å²) in [7, 11) is -3.30. The molecule has 0 bridgehead atoms. The zero-order valence-corrected chi connectivity index (χ0v) is 9.50. The maximum Gasteiger partial charge on any atom is 0.232 e. The van der Waals surface area contributed by atoms with Crippen LogP contribution in [0.5, 0.6) is 0 Å². The van der Waals surface area contributed by atoms with Crippen LogP contribution in [-0.2, 0) is 10.0 Å². The highest BCUT2D eigenvalue weighted by molar-refractivity contribution is 7.92. The Hall–Kier alpha value is -1.76. The Kier molecular flexibility index (Phi) is 2.47. The van der Waals surface area contributed by atoms with E-state index in [1.54, 1.807) is 25.1 Å². The van der Waals surface area contributed by atoms with E-state index in [1.165, 1.54) is 0 Å². The summed E-state index contributed by atoms with van der Waals surface area (Å²) in [6.45, 7) is 1.57. The number of nitrogens with zero attached hydrogens (tertiary/aromatic N) is 1. The fourth-order valence-corrected chi connectivity index (χ4v) is 2.02. The number of aromatic amines is 1. The van der Waals surface area contributed by atoms with Crippen LogP contribution in [0.15, 0.2) is 18.2 Å². The predicted octanol–water partition coefficient (Wildman–Crippen LogP) is 0.907. The lowest BCUT2D eigenvalue weighted by atomic mass is 10.3. The Morgan fingerprint density at radius 3 is 2.94 bits per heavy atom. The molecule has 0 atom stereocenters. The van der Waals surface area contributed by atoms with Gasteiger partial charge in [-0.15, -0.1) is 0 Å². The van der Waals surface area contributed by atoms with Crippen LogP contribution in [0.4, 0.5) is 11.6 Å². The molecule has 1 heterocycles. The van der Waals surface area contributed by atoms with Crippen molar-refractivity contribution in [2.75, 3.05) is 16.2 Å². The molecule has 0 aliphatic rings. The van der Waals surface area contributed by atoms with Gasteiger partial charge in [-0.1, -0.05) is 6.07 Å². The fraction of sp³-hybridized carbons (Fsp3) is 0.222. The molecule has 1 aromatic heterocycles. The van der Waals surface area contributed by atoms with Gasteiger partial charge in [-0.05, 0) is 19.1 Å². The van der Waals surface area contributed by atoms with E-state index < -0.39 is 10.0 Å². The highest BCUT2D eigenvalue weighted by Crippen LogP contribution is 2.22. The number of anilines is 2. The number of benzene rings is 1. The Bertz CT molecular complexity index is 617. The van der Waals surface area contributed by atoms with E-state index in [2.05, 4.69) is 14.7 Å². The average Bonchev–Trinajstić information content (AvgIpc) is 2.59. The molecule has 0 fully saturated rings. The van der Waals surface area contributed by atoms with E-state index in [0.29, 0.717) is 16.7 Å². The normalized spacial score (nSPS) is 11.8. The third kappa shape index (κ3) is 1.94. The second-order valence-corrected chi connectivity index (χ2v) is 5.34. The van der Waals surface area contributed by atoms with E-state index in [0.717, 1.165) is 0 Å². The Labute approximate surface area is 92.9 Å². The summed E-state index contributed by atoms with van der Waals surface area (Å²) in [5.74, 6) is 0.279. The molecule has 4 N–H and O–H groups in total. The molecule has 0 unspecified atom stereocenters. The van der Waals surface area contributed by atoms with Crippen LogP contribution in [0.2, 0.25) is 0 Å². The summed E-state index contributed by atoms with van der Waals surface area (Å²) in [4.78, 5) is 6.86. The van der Waals surface area contributed by atoms with E-state index in [4.69, 9.17) is 5.73 Å². The first kappa shape index (κ1) is 10.7. The van der Waals surface area contributed by atoms with Crippen LogP contribution in [-0.4, -0.2) is 24.1 Å². The molecule has 2 aromatic rings. The number of aromatic nitrogens is 2. The number of rotatable bonds is 3. The summed E-state index contributed by atoms with van der Waals surface area (Å²) in [6.07, 6.45) is 0. The smallest absolute Gasteiger partial charge is 0.232 e. The summed E-state index contributed by atoms with van der Waals surface area (Å²) >= 11 is 0. The van der Waals surface area contributed by atoms with E-state index in [1.807, 2.05) is 0 Å². The second-order valence-electron chi connectivity index (χ2n) is 3.33. The van der Waals surface area contributed by atoms with Gasteiger partial charge in [0.2, 0.25) is 10.0 Å². The zero-order chi connectivity index (χ0) is 11.8. The molecule has 0 amide bonds. The van der Waals surface area contributed by atoms with Crippen molar-refractivity contribution in [2.24, 2.45) is 0 Å². The molecule has 7 heteroatoms. The topological polar surface area (TPSA) is 101 Å². The molecule has 0 saturated heterocycles. The minimum Gasteiger partial charge on any atom is -0.369 e. The first-order valence-corrected chi connectivity index (χ1v) is 6.42. The molecule has 0 saturated carbocycles. The van der Waals surface area contributed by atoms with Gasteiger partial charge in [0.25, 0.3) is 0 Å². The van der Waals surface area contributed by atoms with E-state index >= 15 is 0 Å². The summed E-state index contributed by atoms with van der Waals surface area (Å²) in [6, 6.07) is 5.16. The third-order valence-electron chi connectivity index (χ3n) is 2.18. The lowest BCUT2D eigenvalue weighted by molar-refractivity contribution is 0.602. The van der Waals surface area contributed by atoms with Crippen LogP contribution >= 0.6 is 0 Å². The monoisotopic (exact) mass is 240 g/mol. The van der Waals surface area contributed by atoms with Gasteiger partial charge in [0.15, 0.2) is 5.95 Å². The van der Waals surface area contributed by atoms with Crippen LogP contribution in [0.25, 0.3) is 11.0 Å². The van der Waals surface area contributed by atoms with Crippen LogP contribution in [0, 0.1) is 0 Å². The zero-order valence-electron chi connectivity index (χ0n) is 8.69. The Morgan fingerprint density at radius 1 is 1.50 bits per heavy atom. The first-order chi connectivity index (χ1) is 7.52. The third-order valence-corrected chi connectivity index (χ3v) is 3.47. The Balaban J connectivity index is 2.52. The number of para-hydroxylation sites is 1. The van der Waals surface area contributed by atoms with Crippen molar-refractivity contribution in [3.05, 3.63) is 18.2 Å². The number of hydrogen-bond acceptors (Lipinski definition) is 4. The molecule has 16 heavy (non-hydrogen) atoms. The molecule has 2 rings (SSSR count). The van der Waals surface area contributed by atoms with Crippen molar-refractivity contribution in [1.82, 2.24) is 9.97 Å². The van der Waals surface area contributed by atoms with Crippen molar-refractivity contribution in [2.45, 2.75) is 6.92 Å². The van der Waals surface area contributed by atoms with Crippen LogP contribution < -0.4 is 10.5 Å². The summed E-state index contributed by atoms with van der Waals surface area (Å²) in [5.41, 5.74) is 7.18. The van der Waals surface area contributed by atoms with Crippen molar-refractivity contribution in [3.8, 4) is 0 Å². The van der Waals surface area contributed by atoms with E-state index in [9.17, 15) is 8.42 Å². The number of hydrogen-bond donors (Lipinski definition) is 3. The molecule has 0 radical (unpaired) electrons. The maximum atomic E-state index is 11.4. The minimum absolute atomic E-state index is 0.0172. The molecule has 86 valence electrons. The average molecular weight is 240 g/mol. The van der Waals surface area contributed by atoms with Gasteiger partial charge in [0, 0.05) is 0 Å². The quantitative estimate of drug-likeness (QED) is 0.742. The number of nitrogen functional groups attached to an aromatic ring is 1. The van der Waals surface area contributed by atoms with Gasteiger partial charge < -0.3 is 10.7 Å². The van der Waals surface area contributed by atoms with Gasteiger partial charge in [-0.3, -0.25) is 4.72 Å². The first-order valence-electron chi connectivity index (χ1n) is 4.76. The van der Waals surface area contributed by atoms with Crippen molar-refractivity contribution in [3.63, 3.8) is 0 Å². The van der Waals surface area contributed by atoms with E-state index in [-0.39, 0.29) is 11.7 Å². The van der Waals surface area contributed by atoms with Crippen molar-refractivity contribution in [1.29, 1.82) is 0 Å². The number of nitrogens with two attached hydrogens (primary N) is 1. The Morgan fingerprint density at radius 2 is 2.25 bits per heavy atom. The SMILES string of the molecule is CCS(=O)(=O)Nc1cccc2[nH]c(N)nc12. The molecule has 6 nitrogen and oxygen atoms in total. The summed E-state index contributed by atoms with van der Waals surface area (Å²) < 4.78 is 25.3. The molecular formula is C9H12N4O2S. The highest BCUT2D eigenvalue weighted by atomic mass is 32.2. The molecule has 0 aliphatic carbocycles. The van der Waals surface area contributed by atoms with Gasteiger partial charge >= 0.3 is 0 Å². The minimum atomic E-state index is -3.30. The number of fused-ring (bicyclic) bond motifs is 1. The van der Waals surface area contributed by atoms with Crippen molar-refractivity contribution >= 4 is 32.7 Å². The lowest BCUT2D eigenvalue weighted by Crippen LogP contribution is -2.14. The standard InChI is InChI=1S/C9H12N4O2S/c1-2-16(14,15)13-7-5-3-4-6-8(7)12-9(10)11-6/h3-5,13H,2H2,1H3,(H3,10,11,12). The number of imidazole rings is 1. The summed E-state index contributed by atoms with van der Waals surface area (Å²) in [5, 5.41) is 0. The van der Waals surface area contributed by atoms with Gasteiger partial charge in [0.05, 0.1) is 17.0 Å². The molecular weight excluding hydrogens is 228 g/mol. The molecule has 0 spiro atoms. The maximum absolute atomic E-state index is 11.4.